The van der Waals surface area contributed by atoms with Gasteiger partial charge in [0.05, 0.1) is 24.3 Å². The number of para-hydroxylation sites is 1. The lowest BCUT2D eigenvalue weighted by atomic mass is 10.1. The lowest BCUT2D eigenvalue weighted by Crippen LogP contribution is -2.39. The van der Waals surface area contributed by atoms with Crippen LogP contribution in [0.3, 0.4) is 0 Å². The van der Waals surface area contributed by atoms with Crippen LogP contribution in [-0.4, -0.2) is 25.2 Å². The number of carbonyl (C=O) groups excluding carboxylic acids is 1. The first-order valence-electron chi connectivity index (χ1n) is 9.61. The van der Waals surface area contributed by atoms with E-state index in [9.17, 15) is 4.79 Å². The van der Waals surface area contributed by atoms with Crippen molar-refractivity contribution in [1.82, 2.24) is 5.32 Å². The predicted molar refractivity (Wildman–Crippen MR) is 111 cm³/mol. The Morgan fingerprint density at radius 2 is 1.68 bits per heavy atom. The van der Waals surface area contributed by atoms with Gasteiger partial charge in [0.15, 0.2) is 17.6 Å². The SMILES string of the molecule is CCOc1ccc([C@H](C)NC(=O)[C@@H](CC)Oc2ccccc2Cl)cc1OCC. The van der Waals surface area contributed by atoms with E-state index in [1.165, 1.54) is 0 Å². The van der Waals surface area contributed by atoms with Crippen LogP contribution in [0.2, 0.25) is 5.02 Å². The maximum Gasteiger partial charge on any atom is 0.261 e. The molecule has 0 aliphatic heterocycles. The minimum atomic E-state index is -0.628. The van der Waals surface area contributed by atoms with Crippen LogP contribution in [0.1, 0.15) is 45.7 Å². The summed E-state index contributed by atoms with van der Waals surface area (Å²) in [5.41, 5.74) is 0.924. The topological polar surface area (TPSA) is 56.8 Å². The van der Waals surface area contributed by atoms with Gasteiger partial charge in [0.2, 0.25) is 0 Å². The van der Waals surface area contributed by atoms with Crippen molar-refractivity contribution < 1.29 is 19.0 Å². The van der Waals surface area contributed by atoms with Crippen molar-refractivity contribution in [2.24, 2.45) is 0 Å². The predicted octanol–water partition coefficient (Wildman–Crippen LogP) is 5.17. The van der Waals surface area contributed by atoms with Crippen LogP contribution in [0, 0.1) is 0 Å². The molecule has 1 amide bonds. The zero-order chi connectivity index (χ0) is 20.5. The minimum Gasteiger partial charge on any atom is -0.490 e. The summed E-state index contributed by atoms with van der Waals surface area (Å²) in [5.74, 6) is 1.67. The maximum absolute atomic E-state index is 12.7. The maximum atomic E-state index is 12.7. The normalized spacial score (nSPS) is 12.8. The van der Waals surface area contributed by atoms with Gasteiger partial charge in [-0.25, -0.2) is 0 Å². The first-order valence-corrected chi connectivity index (χ1v) is 9.98. The molecule has 152 valence electrons. The van der Waals surface area contributed by atoms with E-state index in [1.54, 1.807) is 12.1 Å². The molecule has 0 aliphatic carbocycles. The molecule has 0 aliphatic rings. The number of hydrogen-bond acceptors (Lipinski definition) is 4. The van der Waals surface area contributed by atoms with Crippen LogP contribution in [0.15, 0.2) is 42.5 Å². The van der Waals surface area contributed by atoms with Crippen molar-refractivity contribution in [1.29, 1.82) is 0 Å². The Labute approximate surface area is 171 Å². The molecule has 0 saturated carbocycles. The molecule has 5 nitrogen and oxygen atoms in total. The minimum absolute atomic E-state index is 0.193. The Morgan fingerprint density at radius 1 is 1.00 bits per heavy atom. The monoisotopic (exact) mass is 405 g/mol. The van der Waals surface area contributed by atoms with Crippen LogP contribution < -0.4 is 19.5 Å². The molecule has 6 heteroatoms. The van der Waals surface area contributed by atoms with Gasteiger partial charge in [-0.2, -0.15) is 0 Å². The molecule has 2 aromatic rings. The molecule has 0 radical (unpaired) electrons. The van der Waals surface area contributed by atoms with Crippen LogP contribution >= 0.6 is 11.6 Å². The molecule has 2 aromatic carbocycles. The molecule has 0 aromatic heterocycles. The number of ether oxygens (including phenoxy) is 3. The van der Waals surface area contributed by atoms with Crippen LogP contribution in [0.5, 0.6) is 17.2 Å². The first kappa shape index (κ1) is 21.9. The standard InChI is InChI=1S/C22H28ClNO4/c1-5-18(28-19-11-9-8-10-17(19)23)22(25)24-15(4)16-12-13-20(26-6-2)21(14-16)27-7-3/h8-15,18H,5-7H2,1-4H3,(H,24,25)/t15-,18+/m0/s1. The summed E-state index contributed by atoms with van der Waals surface area (Å²) in [5, 5.41) is 3.49. The van der Waals surface area contributed by atoms with E-state index < -0.39 is 6.10 Å². The highest BCUT2D eigenvalue weighted by Gasteiger charge is 2.22. The summed E-state index contributed by atoms with van der Waals surface area (Å²) in [6, 6.07) is 12.6. The third-order valence-electron chi connectivity index (χ3n) is 4.20. The number of nitrogens with one attached hydrogen (secondary N) is 1. The lowest BCUT2D eigenvalue weighted by molar-refractivity contribution is -0.128. The van der Waals surface area contributed by atoms with Gasteiger partial charge in [-0.1, -0.05) is 36.7 Å². The van der Waals surface area contributed by atoms with Gasteiger partial charge < -0.3 is 19.5 Å². The van der Waals surface area contributed by atoms with E-state index in [0.717, 1.165) is 5.56 Å². The van der Waals surface area contributed by atoms with Gasteiger partial charge in [-0.05, 0) is 57.0 Å². The van der Waals surface area contributed by atoms with Gasteiger partial charge in [0.1, 0.15) is 5.75 Å². The second kappa shape index (κ2) is 10.8. The van der Waals surface area contributed by atoms with Crippen molar-refractivity contribution >= 4 is 17.5 Å². The molecule has 0 saturated heterocycles. The highest BCUT2D eigenvalue weighted by Crippen LogP contribution is 2.31. The van der Waals surface area contributed by atoms with Gasteiger partial charge in [0.25, 0.3) is 5.91 Å². The van der Waals surface area contributed by atoms with E-state index in [4.69, 9.17) is 25.8 Å². The van der Waals surface area contributed by atoms with Crippen LogP contribution in [0.25, 0.3) is 0 Å². The Hall–Kier alpha value is -2.40. The van der Waals surface area contributed by atoms with Crippen LogP contribution in [-0.2, 0) is 4.79 Å². The number of benzene rings is 2. The number of carbonyl (C=O) groups is 1. The van der Waals surface area contributed by atoms with Gasteiger partial charge in [-0.15, -0.1) is 0 Å². The van der Waals surface area contributed by atoms with E-state index in [2.05, 4.69) is 5.32 Å². The van der Waals surface area contributed by atoms with Crippen LogP contribution in [0.4, 0.5) is 0 Å². The quantitative estimate of drug-likeness (QED) is 0.592. The average molecular weight is 406 g/mol. The fourth-order valence-electron chi connectivity index (χ4n) is 2.74. The Kier molecular flexibility index (Phi) is 8.45. The highest BCUT2D eigenvalue weighted by molar-refractivity contribution is 6.32. The molecule has 1 N–H and O–H groups in total. The fraction of sp³-hybridized carbons (Fsp3) is 0.409. The van der Waals surface area contributed by atoms with Gasteiger partial charge in [0, 0.05) is 0 Å². The number of halogens is 1. The summed E-state index contributed by atoms with van der Waals surface area (Å²) in [4.78, 5) is 12.7. The molecule has 2 atom stereocenters. The fourth-order valence-corrected chi connectivity index (χ4v) is 2.92. The molecule has 0 bridgehead atoms. The number of hydrogen-bond donors (Lipinski definition) is 1. The smallest absolute Gasteiger partial charge is 0.261 e. The third-order valence-corrected chi connectivity index (χ3v) is 4.51. The Morgan fingerprint density at radius 3 is 2.32 bits per heavy atom. The Balaban J connectivity index is 2.09. The molecular formula is C22H28ClNO4. The summed E-state index contributed by atoms with van der Waals surface area (Å²) < 4.78 is 17.1. The summed E-state index contributed by atoms with van der Waals surface area (Å²) in [6.45, 7) is 8.76. The van der Waals surface area contributed by atoms with Crippen molar-refractivity contribution in [3.8, 4) is 17.2 Å². The third kappa shape index (κ3) is 5.80. The first-order chi connectivity index (χ1) is 13.5. The average Bonchev–Trinajstić information content (AvgIpc) is 2.68. The molecule has 28 heavy (non-hydrogen) atoms. The summed E-state index contributed by atoms with van der Waals surface area (Å²) in [7, 11) is 0. The second-order valence-electron chi connectivity index (χ2n) is 6.25. The van der Waals surface area contributed by atoms with Crippen molar-refractivity contribution in [2.75, 3.05) is 13.2 Å². The largest absolute Gasteiger partial charge is 0.490 e. The Bertz CT molecular complexity index is 781. The van der Waals surface area contributed by atoms with E-state index in [-0.39, 0.29) is 11.9 Å². The van der Waals surface area contributed by atoms with E-state index >= 15 is 0 Å². The number of amides is 1. The zero-order valence-electron chi connectivity index (χ0n) is 16.8. The highest BCUT2D eigenvalue weighted by atomic mass is 35.5. The molecule has 0 spiro atoms. The summed E-state index contributed by atoms with van der Waals surface area (Å²) in [6.07, 6.45) is -0.103. The number of rotatable bonds is 10. The van der Waals surface area contributed by atoms with Crippen molar-refractivity contribution in [3.05, 3.63) is 53.1 Å². The molecule has 0 fully saturated rings. The van der Waals surface area contributed by atoms with E-state index in [0.29, 0.717) is 41.9 Å². The molecule has 0 unspecified atom stereocenters. The van der Waals surface area contributed by atoms with Crippen molar-refractivity contribution in [2.45, 2.75) is 46.3 Å². The van der Waals surface area contributed by atoms with E-state index in [1.807, 2.05) is 58.0 Å². The van der Waals surface area contributed by atoms with Crippen molar-refractivity contribution in [3.63, 3.8) is 0 Å². The van der Waals surface area contributed by atoms with Gasteiger partial charge in [-0.3, -0.25) is 4.79 Å². The molecular weight excluding hydrogens is 378 g/mol. The zero-order valence-corrected chi connectivity index (χ0v) is 17.6. The second-order valence-corrected chi connectivity index (χ2v) is 6.65. The van der Waals surface area contributed by atoms with Gasteiger partial charge >= 0.3 is 0 Å². The summed E-state index contributed by atoms with van der Waals surface area (Å²) >= 11 is 6.14. The molecule has 0 heterocycles. The lowest BCUT2D eigenvalue weighted by Gasteiger charge is -2.22. The molecule has 2 rings (SSSR count).